The molecule has 6 heteroatoms. The average molecular weight is 388 g/mol. The predicted molar refractivity (Wildman–Crippen MR) is 83.4 cm³/mol. The lowest BCUT2D eigenvalue weighted by Gasteiger charge is -2.18. The van der Waals surface area contributed by atoms with E-state index < -0.39 is 0 Å². The van der Waals surface area contributed by atoms with Crippen molar-refractivity contribution in [3.05, 3.63) is 50.7 Å². The zero-order valence-corrected chi connectivity index (χ0v) is 13.8. The molecule has 1 unspecified atom stereocenters. The Bertz CT molecular complexity index is 553. The van der Waals surface area contributed by atoms with Gasteiger partial charge in [0, 0.05) is 33.9 Å². The SMILES string of the molecule is Cn1nccc1CCC(NN)c1ccc(Br)cc1Br. The first-order chi connectivity index (χ1) is 9.11. The van der Waals surface area contributed by atoms with E-state index in [9.17, 15) is 0 Å². The number of aromatic nitrogens is 2. The molecule has 0 aliphatic rings. The van der Waals surface area contributed by atoms with Crippen LogP contribution in [0.1, 0.15) is 23.7 Å². The lowest BCUT2D eigenvalue weighted by Crippen LogP contribution is -2.28. The van der Waals surface area contributed by atoms with Gasteiger partial charge in [0.05, 0.1) is 0 Å². The smallest absolute Gasteiger partial charge is 0.0492 e. The van der Waals surface area contributed by atoms with Gasteiger partial charge >= 0.3 is 0 Å². The topological polar surface area (TPSA) is 55.9 Å². The van der Waals surface area contributed by atoms with Gasteiger partial charge in [-0.1, -0.05) is 37.9 Å². The molecule has 2 rings (SSSR count). The molecule has 0 radical (unpaired) electrons. The molecule has 2 aromatic rings. The number of nitrogens with two attached hydrogens (primary N) is 1. The number of hydrazine groups is 1. The van der Waals surface area contributed by atoms with E-state index in [0.29, 0.717) is 0 Å². The van der Waals surface area contributed by atoms with Gasteiger partial charge in [-0.05, 0) is 36.6 Å². The van der Waals surface area contributed by atoms with Gasteiger partial charge in [0.25, 0.3) is 0 Å². The summed E-state index contributed by atoms with van der Waals surface area (Å²) in [6.45, 7) is 0. The fourth-order valence-electron chi connectivity index (χ4n) is 2.05. The fourth-order valence-corrected chi connectivity index (χ4v) is 3.37. The van der Waals surface area contributed by atoms with E-state index in [4.69, 9.17) is 5.84 Å². The third-order valence-corrected chi connectivity index (χ3v) is 4.33. The first-order valence-electron chi connectivity index (χ1n) is 5.99. The maximum Gasteiger partial charge on any atom is 0.0492 e. The molecule has 19 heavy (non-hydrogen) atoms. The average Bonchev–Trinajstić information content (AvgIpc) is 2.78. The highest BCUT2D eigenvalue weighted by Crippen LogP contribution is 2.28. The molecule has 0 bridgehead atoms. The quantitative estimate of drug-likeness (QED) is 0.612. The second-order valence-corrected chi connectivity index (χ2v) is 6.14. The zero-order chi connectivity index (χ0) is 13.8. The minimum Gasteiger partial charge on any atom is -0.273 e. The number of nitrogens with zero attached hydrogens (tertiary/aromatic N) is 2. The largest absolute Gasteiger partial charge is 0.273 e. The summed E-state index contributed by atoms with van der Waals surface area (Å²) in [5.41, 5.74) is 5.25. The summed E-state index contributed by atoms with van der Waals surface area (Å²) in [5, 5.41) is 4.17. The Hall–Kier alpha value is -0.690. The van der Waals surface area contributed by atoms with Crippen LogP contribution >= 0.6 is 31.9 Å². The van der Waals surface area contributed by atoms with Crippen LogP contribution in [-0.4, -0.2) is 9.78 Å². The Morgan fingerprint density at radius 2 is 2.16 bits per heavy atom. The molecule has 0 spiro atoms. The van der Waals surface area contributed by atoms with Gasteiger partial charge in [-0.3, -0.25) is 16.0 Å². The van der Waals surface area contributed by atoms with Crippen molar-refractivity contribution < 1.29 is 0 Å². The van der Waals surface area contributed by atoms with E-state index >= 15 is 0 Å². The van der Waals surface area contributed by atoms with Crippen LogP contribution in [0.3, 0.4) is 0 Å². The molecule has 0 aliphatic carbocycles. The molecule has 1 heterocycles. The van der Waals surface area contributed by atoms with E-state index in [-0.39, 0.29) is 6.04 Å². The summed E-state index contributed by atoms with van der Waals surface area (Å²) >= 11 is 7.03. The van der Waals surface area contributed by atoms with Crippen LogP contribution in [0.25, 0.3) is 0 Å². The summed E-state index contributed by atoms with van der Waals surface area (Å²) in [7, 11) is 1.95. The molecule has 1 atom stereocenters. The van der Waals surface area contributed by atoms with Crippen LogP contribution in [-0.2, 0) is 13.5 Å². The van der Waals surface area contributed by atoms with E-state index in [2.05, 4.69) is 48.5 Å². The van der Waals surface area contributed by atoms with Crippen molar-refractivity contribution >= 4 is 31.9 Å². The summed E-state index contributed by atoms with van der Waals surface area (Å²) in [6.07, 6.45) is 3.65. The molecule has 1 aromatic carbocycles. The van der Waals surface area contributed by atoms with E-state index in [1.165, 1.54) is 5.69 Å². The number of nitrogens with one attached hydrogen (secondary N) is 1. The molecule has 0 saturated heterocycles. The Morgan fingerprint density at radius 1 is 1.37 bits per heavy atom. The highest BCUT2D eigenvalue weighted by Gasteiger charge is 2.14. The third-order valence-electron chi connectivity index (χ3n) is 3.15. The highest BCUT2D eigenvalue weighted by molar-refractivity contribution is 9.11. The van der Waals surface area contributed by atoms with Gasteiger partial charge in [-0.25, -0.2) is 0 Å². The summed E-state index contributed by atoms with van der Waals surface area (Å²) < 4.78 is 3.99. The van der Waals surface area contributed by atoms with Crippen LogP contribution in [0.5, 0.6) is 0 Å². The van der Waals surface area contributed by atoms with Gasteiger partial charge in [-0.2, -0.15) is 5.10 Å². The molecule has 102 valence electrons. The minimum atomic E-state index is 0.109. The van der Waals surface area contributed by atoms with Gasteiger partial charge in [0.1, 0.15) is 0 Å². The maximum absolute atomic E-state index is 5.68. The Kier molecular flexibility index (Phi) is 5.15. The Labute approximate surface area is 129 Å². The molecule has 1 aromatic heterocycles. The van der Waals surface area contributed by atoms with E-state index in [0.717, 1.165) is 27.4 Å². The monoisotopic (exact) mass is 386 g/mol. The second-order valence-electron chi connectivity index (χ2n) is 4.37. The van der Waals surface area contributed by atoms with Crippen molar-refractivity contribution in [2.45, 2.75) is 18.9 Å². The van der Waals surface area contributed by atoms with Crippen molar-refractivity contribution in [3.63, 3.8) is 0 Å². The number of hydrogen-bond acceptors (Lipinski definition) is 3. The highest BCUT2D eigenvalue weighted by atomic mass is 79.9. The second kappa shape index (κ2) is 6.65. The zero-order valence-electron chi connectivity index (χ0n) is 10.6. The van der Waals surface area contributed by atoms with Crippen LogP contribution in [0.2, 0.25) is 0 Å². The first kappa shape index (κ1) is 14.7. The molecule has 0 aliphatic heterocycles. The summed E-state index contributed by atoms with van der Waals surface area (Å²) in [6, 6.07) is 8.27. The fraction of sp³-hybridized carbons (Fsp3) is 0.308. The van der Waals surface area contributed by atoms with Gasteiger partial charge in [0.15, 0.2) is 0 Å². The van der Waals surface area contributed by atoms with Crippen LogP contribution in [0.15, 0.2) is 39.4 Å². The predicted octanol–water partition coefficient (Wildman–Crippen LogP) is 3.08. The molecule has 0 saturated carbocycles. The summed E-state index contributed by atoms with van der Waals surface area (Å²) in [5.74, 6) is 5.68. The molecule has 0 amide bonds. The van der Waals surface area contributed by atoms with Crippen LogP contribution in [0, 0.1) is 0 Å². The Morgan fingerprint density at radius 3 is 2.74 bits per heavy atom. The molecule has 3 N–H and O–H groups in total. The lowest BCUT2D eigenvalue weighted by atomic mass is 10.0. The molecular formula is C13H16Br2N4. The minimum absolute atomic E-state index is 0.109. The molecular weight excluding hydrogens is 372 g/mol. The van der Waals surface area contributed by atoms with Crippen LogP contribution < -0.4 is 11.3 Å². The van der Waals surface area contributed by atoms with Gasteiger partial charge in [-0.15, -0.1) is 0 Å². The molecule has 0 fully saturated rings. The van der Waals surface area contributed by atoms with Crippen LogP contribution in [0.4, 0.5) is 0 Å². The van der Waals surface area contributed by atoms with Crippen molar-refractivity contribution in [3.8, 4) is 0 Å². The first-order valence-corrected chi connectivity index (χ1v) is 7.58. The number of benzene rings is 1. The Balaban J connectivity index is 2.10. The number of halogens is 2. The normalized spacial score (nSPS) is 12.6. The van der Waals surface area contributed by atoms with Crippen molar-refractivity contribution in [1.82, 2.24) is 15.2 Å². The van der Waals surface area contributed by atoms with Gasteiger partial charge in [0.2, 0.25) is 0 Å². The van der Waals surface area contributed by atoms with Gasteiger partial charge < -0.3 is 0 Å². The number of hydrogen-bond donors (Lipinski definition) is 2. The number of aryl methyl sites for hydroxylation is 2. The van der Waals surface area contributed by atoms with E-state index in [1.54, 1.807) is 0 Å². The molecule has 4 nitrogen and oxygen atoms in total. The maximum atomic E-state index is 5.68. The van der Waals surface area contributed by atoms with Crippen molar-refractivity contribution in [2.75, 3.05) is 0 Å². The lowest BCUT2D eigenvalue weighted by molar-refractivity contribution is 0.505. The third kappa shape index (κ3) is 3.66. The standard InChI is InChI=1S/C13H16Br2N4/c1-19-10(6-7-17-19)3-5-13(18-16)11-4-2-9(14)8-12(11)15/h2,4,6-8,13,18H,3,5,16H2,1H3. The van der Waals surface area contributed by atoms with E-state index in [1.807, 2.05) is 36.1 Å². The number of rotatable bonds is 5. The summed E-state index contributed by atoms with van der Waals surface area (Å²) in [4.78, 5) is 0. The van der Waals surface area contributed by atoms with Crippen molar-refractivity contribution in [2.24, 2.45) is 12.9 Å². The van der Waals surface area contributed by atoms with Crippen molar-refractivity contribution in [1.29, 1.82) is 0 Å².